The summed E-state index contributed by atoms with van der Waals surface area (Å²) in [5, 5.41) is 3.01. The Labute approximate surface area is 174 Å². The molecule has 2 rings (SSSR count). The van der Waals surface area contributed by atoms with Crippen molar-refractivity contribution in [3.05, 3.63) is 52.0 Å². The predicted molar refractivity (Wildman–Crippen MR) is 114 cm³/mol. The molecule has 152 valence electrons. The van der Waals surface area contributed by atoms with E-state index < -0.39 is 0 Å². The molecular formula is C21H27BrN2O4. The highest BCUT2D eigenvalue weighted by atomic mass is 79.9. The molecule has 7 heteroatoms. The van der Waals surface area contributed by atoms with Gasteiger partial charge in [0.15, 0.2) is 11.5 Å². The van der Waals surface area contributed by atoms with Crippen molar-refractivity contribution in [2.75, 3.05) is 41.5 Å². The number of methoxy groups -OCH3 is 2. The largest absolute Gasteiger partial charge is 0.497 e. The Balaban J connectivity index is 2.16. The van der Waals surface area contributed by atoms with Gasteiger partial charge in [-0.05, 0) is 66.8 Å². The molecule has 1 N–H and O–H groups in total. The number of rotatable bonds is 9. The molecule has 0 bridgehead atoms. The van der Waals surface area contributed by atoms with Crippen molar-refractivity contribution < 1.29 is 19.0 Å². The normalized spacial score (nSPS) is 11.8. The minimum Gasteiger partial charge on any atom is -0.497 e. The Morgan fingerprint density at radius 2 is 1.82 bits per heavy atom. The van der Waals surface area contributed by atoms with Crippen LogP contribution in [-0.2, 0) is 0 Å². The summed E-state index contributed by atoms with van der Waals surface area (Å²) in [4.78, 5) is 14.8. The first-order valence-corrected chi connectivity index (χ1v) is 9.79. The first kappa shape index (κ1) is 22.0. The number of benzene rings is 2. The maximum Gasteiger partial charge on any atom is 0.251 e. The third kappa shape index (κ3) is 5.39. The third-order valence-electron chi connectivity index (χ3n) is 4.36. The summed E-state index contributed by atoms with van der Waals surface area (Å²) in [5.74, 6) is 1.73. The number of halogens is 1. The number of hydrogen-bond acceptors (Lipinski definition) is 5. The van der Waals surface area contributed by atoms with Crippen LogP contribution in [0, 0.1) is 0 Å². The molecule has 0 aliphatic rings. The van der Waals surface area contributed by atoms with Crippen LogP contribution in [0.2, 0.25) is 0 Å². The fraction of sp³-hybridized carbons (Fsp3) is 0.381. The summed E-state index contributed by atoms with van der Waals surface area (Å²) in [6.07, 6.45) is 0. The lowest BCUT2D eigenvalue weighted by Crippen LogP contribution is -2.34. The molecule has 0 unspecified atom stereocenters. The van der Waals surface area contributed by atoms with Crippen LogP contribution in [0.3, 0.4) is 0 Å². The third-order valence-corrected chi connectivity index (χ3v) is 4.94. The average Bonchev–Trinajstić information content (AvgIpc) is 2.68. The molecule has 1 atom stereocenters. The predicted octanol–water partition coefficient (Wildman–Crippen LogP) is 3.90. The van der Waals surface area contributed by atoms with Gasteiger partial charge in [-0.3, -0.25) is 4.79 Å². The number of hydrogen-bond donors (Lipinski definition) is 1. The molecular weight excluding hydrogens is 424 g/mol. The standard InChI is InChI=1S/C21H27BrN2O4/c1-6-28-19-12-15(11-17(22)20(19)27-5)21(25)23-13-18(24(2)3)14-7-9-16(26-4)10-8-14/h7-12,18H,6,13H2,1-5H3,(H,23,25)/t18-/m0/s1. The van der Waals surface area contributed by atoms with Gasteiger partial charge in [-0.1, -0.05) is 12.1 Å². The summed E-state index contributed by atoms with van der Waals surface area (Å²) < 4.78 is 16.8. The molecule has 0 radical (unpaired) electrons. The Kier molecular flexibility index (Phi) is 8.14. The first-order valence-electron chi connectivity index (χ1n) is 9.00. The van der Waals surface area contributed by atoms with E-state index in [2.05, 4.69) is 26.1 Å². The number of likely N-dealkylation sites (N-methyl/N-ethyl adjacent to an activating group) is 1. The van der Waals surface area contributed by atoms with E-state index in [4.69, 9.17) is 14.2 Å². The maximum absolute atomic E-state index is 12.7. The van der Waals surface area contributed by atoms with Gasteiger partial charge in [-0.25, -0.2) is 0 Å². The van der Waals surface area contributed by atoms with Crippen LogP contribution in [0.1, 0.15) is 28.9 Å². The SMILES string of the molecule is CCOc1cc(C(=O)NC[C@@H](c2ccc(OC)cc2)N(C)C)cc(Br)c1OC. The van der Waals surface area contributed by atoms with Crippen molar-refractivity contribution in [1.29, 1.82) is 0 Å². The lowest BCUT2D eigenvalue weighted by atomic mass is 10.1. The number of nitrogens with one attached hydrogen (secondary N) is 1. The number of ether oxygens (including phenoxy) is 3. The van der Waals surface area contributed by atoms with Gasteiger partial charge in [-0.15, -0.1) is 0 Å². The van der Waals surface area contributed by atoms with Gasteiger partial charge >= 0.3 is 0 Å². The first-order chi connectivity index (χ1) is 13.4. The number of nitrogens with zero attached hydrogens (tertiary/aromatic N) is 1. The molecule has 2 aromatic rings. The molecule has 0 spiro atoms. The quantitative estimate of drug-likeness (QED) is 0.627. The molecule has 1 amide bonds. The molecule has 0 aliphatic carbocycles. The molecule has 6 nitrogen and oxygen atoms in total. The monoisotopic (exact) mass is 450 g/mol. The van der Waals surface area contributed by atoms with Crippen LogP contribution in [0.15, 0.2) is 40.9 Å². The summed E-state index contributed by atoms with van der Waals surface area (Å²) in [7, 11) is 7.18. The zero-order chi connectivity index (χ0) is 20.7. The van der Waals surface area contributed by atoms with E-state index in [0.29, 0.717) is 34.7 Å². The summed E-state index contributed by atoms with van der Waals surface area (Å²) in [6.45, 7) is 2.83. The molecule has 0 saturated carbocycles. The van der Waals surface area contributed by atoms with Crippen LogP contribution in [0.4, 0.5) is 0 Å². The van der Waals surface area contributed by atoms with Crippen LogP contribution < -0.4 is 19.5 Å². The second-order valence-corrected chi connectivity index (χ2v) is 7.24. The van der Waals surface area contributed by atoms with E-state index in [1.54, 1.807) is 26.4 Å². The van der Waals surface area contributed by atoms with Crippen molar-refractivity contribution in [1.82, 2.24) is 10.2 Å². The van der Waals surface area contributed by atoms with Crippen molar-refractivity contribution in [2.24, 2.45) is 0 Å². The van der Waals surface area contributed by atoms with Crippen molar-refractivity contribution in [2.45, 2.75) is 13.0 Å². The molecule has 28 heavy (non-hydrogen) atoms. The molecule has 0 aliphatic heterocycles. The van der Waals surface area contributed by atoms with Gasteiger partial charge in [0, 0.05) is 12.1 Å². The van der Waals surface area contributed by atoms with Crippen LogP contribution in [0.25, 0.3) is 0 Å². The molecule has 0 fully saturated rings. The van der Waals surface area contributed by atoms with Gasteiger partial charge < -0.3 is 24.4 Å². The highest BCUT2D eigenvalue weighted by molar-refractivity contribution is 9.10. The molecule has 0 heterocycles. The van der Waals surface area contributed by atoms with E-state index in [0.717, 1.165) is 11.3 Å². The number of carbonyl (C=O) groups excluding carboxylic acids is 1. The highest BCUT2D eigenvalue weighted by Gasteiger charge is 2.18. The molecule has 0 saturated heterocycles. The van der Waals surface area contributed by atoms with E-state index in [1.807, 2.05) is 45.3 Å². The van der Waals surface area contributed by atoms with Gasteiger partial charge in [0.25, 0.3) is 5.91 Å². The lowest BCUT2D eigenvalue weighted by molar-refractivity contribution is 0.0941. The van der Waals surface area contributed by atoms with Gasteiger partial charge in [0.1, 0.15) is 5.75 Å². The van der Waals surface area contributed by atoms with Crippen molar-refractivity contribution >= 4 is 21.8 Å². The van der Waals surface area contributed by atoms with E-state index in [1.165, 1.54) is 0 Å². The number of carbonyl (C=O) groups is 1. The molecule has 2 aromatic carbocycles. The van der Waals surface area contributed by atoms with E-state index in [9.17, 15) is 4.79 Å². The second kappa shape index (κ2) is 10.3. The fourth-order valence-electron chi connectivity index (χ4n) is 2.88. The molecule has 0 aromatic heterocycles. The lowest BCUT2D eigenvalue weighted by Gasteiger charge is -2.25. The minimum atomic E-state index is -0.176. The number of amides is 1. The minimum absolute atomic E-state index is 0.0305. The van der Waals surface area contributed by atoms with Crippen LogP contribution >= 0.6 is 15.9 Å². The summed E-state index contributed by atoms with van der Waals surface area (Å²) >= 11 is 3.44. The van der Waals surface area contributed by atoms with Gasteiger partial charge in [-0.2, -0.15) is 0 Å². The van der Waals surface area contributed by atoms with Gasteiger partial charge in [0.05, 0.1) is 31.3 Å². The van der Waals surface area contributed by atoms with Gasteiger partial charge in [0.2, 0.25) is 0 Å². The highest BCUT2D eigenvalue weighted by Crippen LogP contribution is 2.36. The van der Waals surface area contributed by atoms with E-state index >= 15 is 0 Å². The zero-order valence-electron chi connectivity index (χ0n) is 16.9. The van der Waals surface area contributed by atoms with Crippen molar-refractivity contribution in [3.63, 3.8) is 0 Å². The second-order valence-electron chi connectivity index (χ2n) is 6.39. The van der Waals surface area contributed by atoms with Crippen LogP contribution in [-0.4, -0.2) is 52.3 Å². The summed E-state index contributed by atoms with van der Waals surface area (Å²) in [6, 6.07) is 11.3. The average molecular weight is 451 g/mol. The fourth-order valence-corrected chi connectivity index (χ4v) is 3.48. The van der Waals surface area contributed by atoms with Crippen molar-refractivity contribution in [3.8, 4) is 17.2 Å². The Hall–Kier alpha value is -2.25. The summed E-state index contributed by atoms with van der Waals surface area (Å²) in [5.41, 5.74) is 1.60. The maximum atomic E-state index is 12.7. The topological polar surface area (TPSA) is 60.0 Å². The Bertz CT molecular complexity index is 794. The zero-order valence-corrected chi connectivity index (χ0v) is 18.5. The Morgan fingerprint density at radius 1 is 1.14 bits per heavy atom. The van der Waals surface area contributed by atoms with Crippen LogP contribution in [0.5, 0.6) is 17.2 Å². The van der Waals surface area contributed by atoms with E-state index in [-0.39, 0.29) is 11.9 Å². The smallest absolute Gasteiger partial charge is 0.251 e. The Morgan fingerprint density at radius 3 is 2.36 bits per heavy atom.